The average molecular weight is 213 g/mol. The minimum Gasteiger partial charge on any atom is -0.386 e. The predicted molar refractivity (Wildman–Crippen MR) is 56.8 cm³/mol. The van der Waals surface area contributed by atoms with Gasteiger partial charge in [-0.3, -0.25) is 4.79 Å². The standard InChI is InChI=1S/C7H7F2N.C4H6O/c1-10-7-3-2-5(8)4-6(7)9;1-2-3-4-5/h2-4,10H,1H3;2-4H,1H3/b;3-2+. The van der Waals surface area contributed by atoms with E-state index < -0.39 is 11.6 Å². The minimum atomic E-state index is -0.567. The third-order valence-electron chi connectivity index (χ3n) is 1.47. The Bertz CT molecular complexity index is 337. The molecule has 0 amide bonds. The monoisotopic (exact) mass is 213 g/mol. The minimum absolute atomic E-state index is 0.307. The van der Waals surface area contributed by atoms with E-state index in [4.69, 9.17) is 0 Å². The molecular formula is C11H13F2NO. The Labute approximate surface area is 87.6 Å². The molecule has 0 bridgehead atoms. The molecule has 0 atom stereocenters. The molecule has 1 aromatic rings. The summed E-state index contributed by atoms with van der Waals surface area (Å²) >= 11 is 0. The van der Waals surface area contributed by atoms with Crippen LogP contribution < -0.4 is 5.32 Å². The highest BCUT2D eigenvalue weighted by Crippen LogP contribution is 2.13. The van der Waals surface area contributed by atoms with Crippen LogP contribution in [0.2, 0.25) is 0 Å². The number of carbonyl (C=O) groups excluding carboxylic acids is 1. The zero-order chi connectivity index (χ0) is 11.7. The fraction of sp³-hybridized carbons (Fsp3) is 0.182. The second-order valence-electron chi connectivity index (χ2n) is 2.54. The van der Waals surface area contributed by atoms with Crippen LogP contribution in [0.1, 0.15) is 6.92 Å². The number of rotatable bonds is 2. The molecule has 0 saturated carbocycles. The van der Waals surface area contributed by atoms with Crippen molar-refractivity contribution < 1.29 is 13.6 Å². The number of hydrogen-bond acceptors (Lipinski definition) is 2. The molecule has 0 aliphatic carbocycles. The van der Waals surface area contributed by atoms with E-state index in [9.17, 15) is 13.6 Å². The molecule has 2 nitrogen and oxygen atoms in total. The SMILES string of the molecule is C/C=C/C=O.CNc1ccc(F)cc1F. The number of anilines is 1. The Morgan fingerprint density at radius 3 is 2.33 bits per heavy atom. The predicted octanol–water partition coefficient (Wildman–Crippen LogP) is 2.77. The molecule has 0 aromatic heterocycles. The summed E-state index contributed by atoms with van der Waals surface area (Å²) in [5.74, 6) is -1.13. The van der Waals surface area contributed by atoms with Crippen molar-refractivity contribution in [2.24, 2.45) is 0 Å². The number of halogens is 2. The number of allylic oxidation sites excluding steroid dienone is 2. The fourth-order valence-electron chi connectivity index (χ4n) is 0.771. The molecule has 0 fully saturated rings. The molecule has 1 N–H and O–H groups in total. The Balaban J connectivity index is 0.000000336. The molecule has 1 aromatic carbocycles. The highest BCUT2D eigenvalue weighted by Gasteiger charge is 1.99. The van der Waals surface area contributed by atoms with Gasteiger partial charge in [0.2, 0.25) is 0 Å². The second kappa shape index (κ2) is 7.67. The molecule has 4 heteroatoms. The molecular weight excluding hydrogens is 200 g/mol. The lowest BCUT2D eigenvalue weighted by atomic mass is 10.3. The molecule has 0 heterocycles. The molecule has 1 rings (SSSR count). The molecule has 0 aliphatic heterocycles. The van der Waals surface area contributed by atoms with E-state index in [1.807, 2.05) is 0 Å². The van der Waals surface area contributed by atoms with E-state index in [1.54, 1.807) is 20.0 Å². The summed E-state index contributed by atoms with van der Waals surface area (Å²) in [4.78, 5) is 9.32. The van der Waals surface area contributed by atoms with Crippen LogP contribution in [0.4, 0.5) is 14.5 Å². The molecule has 0 unspecified atom stereocenters. The van der Waals surface area contributed by atoms with E-state index >= 15 is 0 Å². The lowest BCUT2D eigenvalue weighted by Gasteiger charge is -1.99. The second-order valence-corrected chi connectivity index (χ2v) is 2.54. The zero-order valence-electron chi connectivity index (χ0n) is 8.63. The van der Waals surface area contributed by atoms with Crippen molar-refractivity contribution in [2.45, 2.75) is 6.92 Å². The molecule has 0 radical (unpaired) electrons. The normalized spacial score (nSPS) is 9.33. The highest BCUT2D eigenvalue weighted by molar-refractivity contribution is 5.64. The van der Waals surface area contributed by atoms with Crippen LogP contribution in [0.15, 0.2) is 30.4 Å². The number of aldehydes is 1. The van der Waals surface area contributed by atoms with Gasteiger partial charge in [0.25, 0.3) is 0 Å². The lowest BCUT2D eigenvalue weighted by Crippen LogP contribution is -1.92. The van der Waals surface area contributed by atoms with Gasteiger partial charge >= 0.3 is 0 Å². The van der Waals surface area contributed by atoms with Crippen LogP contribution in [0.5, 0.6) is 0 Å². The van der Waals surface area contributed by atoms with Crippen molar-refractivity contribution in [2.75, 3.05) is 12.4 Å². The molecule has 0 aliphatic rings. The van der Waals surface area contributed by atoms with Crippen molar-refractivity contribution in [3.05, 3.63) is 42.0 Å². The Morgan fingerprint density at radius 1 is 1.33 bits per heavy atom. The molecule has 0 spiro atoms. The molecule has 82 valence electrons. The summed E-state index contributed by atoms with van der Waals surface area (Å²) in [7, 11) is 1.58. The lowest BCUT2D eigenvalue weighted by molar-refractivity contribution is -0.104. The summed E-state index contributed by atoms with van der Waals surface area (Å²) in [6, 6.07) is 3.39. The number of benzene rings is 1. The van der Waals surface area contributed by atoms with Gasteiger partial charge in [-0.2, -0.15) is 0 Å². The summed E-state index contributed by atoms with van der Waals surface area (Å²) in [6.07, 6.45) is 3.88. The highest BCUT2D eigenvalue weighted by atomic mass is 19.1. The van der Waals surface area contributed by atoms with Gasteiger partial charge in [0.05, 0.1) is 5.69 Å². The van der Waals surface area contributed by atoms with Gasteiger partial charge in [-0.05, 0) is 25.1 Å². The van der Waals surface area contributed by atoms with E-state index in [-0.39, 0.29) is 0 Å². The van der Waals surface area contributed by atoms with Crippen molar-refractivity contribution in [3.63, 3.8) is 0 Å². The Hall–Kier alpha value is -1.71. The van der Waals surface area contributed by atoms with Crippen molar-refractivity contribution >= 4 is 12.0 Å². The zero-order valence-corrected chi connectivity index (χ0v) is 8.63. The third kappa shape index (κ3) is 5.57. The number of carbonyl (C=O) groups is 1. The maximum atomic E-state index is 12.5. The average Bonchev–Trinajstić information content (AvgIpc) is 2.20. The van der Waals surface area contributed by atoms with Gasteiger partial charge in [-0.25, -0.2) is 8.78 Å². The number of hydrogen-bond donors (Lipinski definition) is 1. The summed E-state index contributed by atoms with van der Waals surface area (Å²) < 4.78 is 24.8. The van der Waals surface area contributed by atoms with Crippen LogP contribution in [0.3, 0.4) is 0 Å². The van der Waals surface area contributed by atoms with E-state index in [1.165, 1.54) is 18.2 Å². The van der Waals surface area contributed by atoms with Crippen molar-refractivity contribution in [1.29, 1.82) is 0 Å². The Morgan fingerprint density at radius 2 is 2.00 bits per heavy atom. The maximum Gasteiger partial charge on any atom is 0.149 e. The summed E-state index contributed by atoms with van der Waals surface area (Å²) in [5.41, 5.74) is 0.307. The fourth-order valence-corrected chi connectivity index (χ4v) is 0.771. The van der Waals surface area contributed by atoms with Gasteiger partial charge in [0.1, 0.15) is 17.9 Å². The maximum absolute atomic E-state index is 12.5. The van der Waals surface area contributed by atoms with E-state index in [2.05, 4.69) is 5.32 Å². The summed E-state index contributed by atoms with van der Waals surface area (Å²) in [5, 5.41) is 2.58. The van der Waals surface area contributed by atoms with Crippen LogP contribution in [0.25, 0.3) is 0 Å². The van der Waals surface area contributed by atoms with Gasteiger partial charge in [-0.15, -0.1) is 0 Å². The van der Waals surface area contributed by atoms with Gasteiger partial charge in [-0.1, -0.05) is 6.08 Å². The van der Waals surface area contributed by atoms with E-state index in [0.29, 0.717) is 5.69 Å². The molecule has 15 heavy (non-hydrogen) atoms. The van der Waals surface area contributed by atoms with Crippen LogP contribution in [-0.2, 0) is 4.79 Å². The van der Waals surface area contributed by atoms with Crippen LogP contribution in [0, 0.1) is 11.6 Å². The van der Waals surface area contributed by atoms with Gasteiger partial charge in [0.15, 0.2) is 0 Å². The quantitative estimate of drug-likeness (QED) is 0.604. The Kier molecular flexibility index (Phi) is 6.80. The van der Waals surface area contributed by atoms with Gasteiger partial charge in [0, 0.05) is 13.1 Å². The van der Waals surface area contributed by atoms with Crippen LogP contribution >= 0.6 is 0 Å². The first kappa shape index (κ1) is 13.3. The first-order valence-electron chi connectivity index (χ1n) is 4.35. The van der Waals surface area contributed by atoms with Gasteiger partial charge < -0.3 is 5.32 Å². The molecule has 0 saturated heterocycles. The largest absolute Gasteiger partial charge is 0.386 e. The topological polar surface area (TPSA) is 29.1 Å². The smallest absolute Gasteiger partial charge is 0.149 e. The summed E-state index contributed by atoms with van der Waals surface area (Å²) in [6.45, 7) is 1.80. The van der Waals surface area contributed by atoms with Crippen molar-refractivity contribution in [1.82, 2.24) is 0 Å². The number of nitrogens with one attached hydrogen (secondary N) is 1. The third-order valence-corrected chi connectivity index (χ3v) is 1.47. The first-order chi connectivity index (χ1) is 7.15. The van der Waals surface area contributed by atoms with E-state index in [0.717, 1.165) is 12.4 Å². The first-order valence-corrected chi connectivity index (χ1v) is 4.35. The van der Waals surface area contributed by atoms with Crippen LogP contribution in [-0.4, -0.2) is 13.3 Å². The van der Waals surface area contributed by atoms with Crippen molar-refractivity contribution in [3.8, 4) is 0 Å².